The Morgan fingerprint density at radius 1 is 0.969 bits per heavy atom. The molecule has 2 atom stereocenters. The quantitative estimate of drug-likeness (QED) is 0.439. The smallest absolute Gasteiger partial charge is 0.217 e. The van der Waals surface area contributed by atoms with E-state index in [2.05, 4.69) is 12.1 Å². The van der Waals surface area contributed by atoms with Crippen LogP contribution in [-0.2, 0) is 0 Å². The van der Waals surface area contributed by atoms with Gasteiger partial charge in [-0.3, -0.25) is 0 Å². The molecule has 0 bridgehead atoms. The minimum Gasteiger partial charge on any atom is -0.494 e. The number of benzene rings is 3. The molecule has 3 aromatic carbocycles. The van der Waals surface area contributed by atoms with Gasteiger partial charge in [-0.15, -0.1) is 0 Å². The lowest BCUT2D eigenvalue weighted by Crippen LogP contribution is -2.34. The summed E-state index contributed by atoms with van der Waals surface area (Å²) in [7, 11) is 0. The van der Waals surface area contributed by atoms with Gasteiger partial charge in [0, 0.05) is 17.0 Å². The van der Waals surface area contributed by atoms with E-state index in [1.165, 1.54) is 0 Å². The minimum absolute atomic E-state index is 0.0266. The van der Waals surface area contributed by atoms with E-state index in [9.17, 15) is 0 Å². The van der Waals surface area contributed by atoms with Crippen molar-refractivity contribution < 1.29 is 14.2 Å². The third-order valence-corrected chi connectivity index (χ3v) is 5.97. The second-order valence-electron chi connectivity index (χ2n) is 7.73. The Balaban J connectivity index is 1.56. The number of hydrogen-bond acceptors (Lipinski definition) is 5. The molecule has 2 aliphatic heterocycles. The van der Waals surface area contributed by atoms with Crippen LogP contribution in [0, 0.1) is 0 Å². The normalized spacial score (nSPS) is 19.0. The molecule has 0 aromatic heterocycles. The molecule has 0 spiro atoms. The zero-order valence-corrected chi connectivity index (χ0v) is 18.9. The maximum atomic E-state index is 6.47. The first-order valence-corrected chi connectivity index (χ1v) is 11.3. The Morgan fingerprint density at radius 2 is 1.75 bits per heavy atom. The van der Waals surface area contributed by atoms with E-state index in [1.807, 2.05) is 73.5 Å². The number of halogens is 1. The van der Waals surface area contributed by atoms with Gasteiger partial charge in [-0.1, -0.05) is 23.7 Å². The fourth-order valence-electron chi connectivity index (χ4n) is 4.32. The highest BCUT2D eigenvalue weighted by atomic mass is 35.5. The van der Waals surface area contributed by atoms with Gasteiger partial charge in [-0.05, 0) is 74.0 Å². The molecular weight excluding hydrogens is 424 g/mol. The van der Waals surface area contributed by atoms with Crippen molar-refractivity contribution in [2.45, 2.75) is 32.5 Å². The molecule has 0 saturated heterocycles. The Morgan fingerprint density at radius 3 is 2.53 bits per heavy atom. The van der Waals surface area contributed by atoms with Crippen molar-refractivity contribution in [1.82, 2.24) is 5.01 Å². The van der Waals surface area contributed by atoms with Gasteiger partial charge < -0.3 is 14.2 Å². The summed E-state index contributed by atoms with van der Waals surface area (Å²) in [5.74, 6) is 2.49. The Hall–Kier alpha value is -3.18. The summed E-state index contributed by atoms with van der Waals surface area (Å²) >= 11 is 6.34. The monoisotopic (exact) mass is 448 g/mol. The van der Waals surface area contributed by atoms with Crippen LogP contribution in [0.3, 0.4) is 0 Å². The van der Waals surface area contributed by atoms with Crippen LogP contribution in [0.5, 0.6) is 17.2 Å². The van der Waals surface area contributed by atoms with Crippen molar-refractivity contribution >= 4 is 17.3 Å². The molecule has 0 radical (unpaired) electrons. The van der Waals surface area contributed by atoms with Gasteiger partial charge in [0.1, 0.15) is 17.2 Å². The summed E-state index contributed by atoms with van der Waals surface area (Å²) in [4.78, 5) is 0. The topological polar surface area (TPSA) is 43.3 Å². The number of nitrogens with zero attached hydrogens (tertiary/aromatic N) is 2. The zero-order valence-electron chi connectivity index (χ0n) is 18.1. The van der Waals surface area contributed by atoms with Gasteiger partial charge in [0.05, 0.1) is 30.5 Å². The second-order valence-corrected chi connectivity index (χ2v) is 8.16. The fraction of sp³-hybridized carbons (Fsp3) is 0.269. The number of hydrazone groups is 1. The van der Waals surface area contributed by atoms with Crippen LogP contribution in [0.15, 0.2) is 71.8 Å². The second kappa shape index (κ2) is 8.75. The third kappa shape index (κ3) is 3.78. The first kappa shape index (κ1) is 20.7. The van der Waals surface area contributed by atoms with E-state index in [1.54, 1.807) is 0 Å². The summed E-state index contributed by atoms with van der Waals surface area (Å²) in [6, 6.07) is 21.9. The van der Waals surface area contributed by atoms with Gasteiger partial charge >= 0.3 is 0 Å². The number of rotatable bonds is 6. The van der Waals surface area contributed by atoms with Crippen LogP contribution < -0.4 is 14.2 Å². The van der Waals surface area contributed by atoms with Crippen LogP contribution in [0.25, 0.3) is 0 Å². The van der Waals surface area contributed by atoms with Crippen molar-refractivity contribution in [3.05, 3.63) is 88.4 Å². The molecule has 2 aliphatic rings. The number of ether oxygens (including phenoxy) is 3. The standard InChI is InChI=1S/C26H25ClN2O3/c1-3-30-19-12-9-17(10-13-19)22-16-23-21-15-18(27)11-14-25(21)32-26(29(23)28-22)20-7-5-6-8-24(20)31-4-2/h5-15,23,26H,3-4,16H2,1-2H3. The summed E-state index contributed by atoms with van der Waals surface area (Å²) in [6.45, 7) is 5.19. The average molecular weight is 449 g/mol. The molecule has 0 fully saturated rings. The maximum absolute atomic E-state index is 6.47. The molecule has 5 nitrogen and oxygen atoms in total. The summed E-state index contributed by atoms with van der Waals surface area (Å²) in [5, 5.41) is 7.76. The molecule has 2 heterocycles. The Labute approximate surface area is 193 Å². The van der Waals surface area contributed by atoms with Crippen LogP contribution in [0.2, 0.25) is 5.02 Å². The number of hydrogen-bond donors (Lipinski definition) is 0. The summed E-state index contributed by atoms with van der Waals surface area (Å²) in [6.07, 6.45) is 0.370. The molecule has 0 saturated carbocycles. The van der Waals surface area contributed by atoms with E-state index < -0.39 is 6.23 Å². The highest BCUT2D eigenvalue weighted by Crippen LogP contribution is 2.49. The molecule has 32 heavy (non-hydrogen) atoms. The molecular formula is C26H25ClN2O3. The first-order chi connectivity index (χ1) is 15.7. The van der Waals surface area contributed by atoms with Crippen molar-refractivity contribution in [2.75, 3.05) is 13.2 Å². The first-order valence-electron chi connectivity index (χ1n) is 10.9. The van der Waals surface area contributed by atoms with Crippen LogP contribution in [0.4, 0.5) is 0 Å². The lowest BCUT2D eigenvalue weighted by molar-refractivity contribution is -0.0205. The lowest BCUT2D eigenvalue weighted by Gasteiger charge is -2.38. The molecule has 164 valence electrons. The SMILES string of the molecule is CCOc1ccc(C2=NN3C(C2)c2cc(Cl)ccc2OC3c2ccccc2OCC)cc1. The summed E-state index contributed by atoms with van der Waals surface area (Å²) in [5.41, 5.74) is 4.08. The molecule has 6 heteroatoms. The average Bonchev–Trinajstić information content (AvgIpc) is 3.26. The Bertz CT molecular complexity index is 1150. The predicted octanol–water partition coefficient (Wildman–Crippen LogP) is 6.38. The third-order valence-electron chi connectivity index (χ3n) is 5.74. The van der Waals surface area contributed by atoms with Crippen molar-refractivity contribution in [3.63, 3.8) is 0 Å². The van der Waals surface area contributed by atoms with Crippen molar-refractivity contribution in [2.24, 2.45) is 5.10 Å². The van der Waals surface area contributed by atoms with E-state index in [0.29, 0.717) is 18.2 Å². The molecule has 5 rings (SSSR count). The lowest BCUT2D eigenvalue weighted by atomic mass is 9.95. The largest absolute Gasteiger partial charge is 0.494 e. The highest BCUT2D eigenvalue weighted by Gasteiger charge is 2.42. The maximum Gasteiger partial charge on any atom is 0.217 e. The number of para-hydroxylation sites is 1. The van der Waals surface area contributed by atoms with Gasteiger partial charge in [-0.25, -0.2) is 5.01 Å². The minimum atomic E-state index is -0.392. The van der Waals surface area contributed by atoms with E-state index in [4.69, 9.17) is 30.9 Å². The van der Waals surface area contributed by atoms with E-state index in [-0.39, 0.29) is 6.04 Å². The summed E-state index contributed by atoms with van der Waals surface area (Å²) < 4.78 is 18.0. The molecule has 0 aliphatic carbocycles. The van der Waals surface area contributed by atoms with Gasteiger partial charge in [0.2, 0.25) is 6.23 Å². The zero-order chi connectivity index (χ0) is 22.1. The highest BCUT2D eigenvalue weighted by molar-refractivity contribution is 6.30. The molecule has 0 amide bonds. The molecule has 0 N–H and O–H groups in total. The fourth-order valence-corrected chi connectivity index (χ4v) is 4.50. The van der Waals surface area contributed by atoms with Gasteiger partial charge in [0.15, 0.2) is 0 Å². The van der Waals surface area contributed by atoms with Crippen molar-refractivity contribution in [3.8, 4) is 17.2 Å². The van der Waals surface area contributed by atoms with Gasteiger partial charge in [-0.2, -0.15) is 5.10 Å². The van der Waals surface area contributed by atoms with Crippen LogP contribution >= 0.6 is 11.6 Å². The van der Waals surface area contributed by atoms with Crippen molar-refractivity contribution in [1.29, 1.82) is 0 Å². The van der Waals surface area contributed by atoms with E-state index >= 15 is 0 Å². The molecule has 2 unspecified atom stereocenters. The van der Waals surface area contributed by atoms with Gasteiger partial charge in [0.25, 0.3) is 0 Å². The van der Waals surface area contributed by atoms with Crippen LogP contribution in [-0.4, -0.2) is 23.9 Å². The van der Waals surface area contributed by atoms with Crippen LogP contribution in [0.1, 0.15) is 49.2 Å². The number of fused-ring (bicyclic) bond motifs is 3. The molecule has 3 aromatic rings. The predicted molar refractivity (Wildman–Crippen MR) is 126 cm³/mol. The Kier molecular flexibility index (Phi) is 5.66. The van der Waals surface area contributed by atoms with E-state index in [0.717, 1.165) is 46.1 Å².